The fraction of sp³-hybridized carbons (Fsp3) is 0.214. The molecule has 98 valence electrons. The molecule has 0 saturated heterocycles. The number of thiazole rings is 1. The van der Waals surface area contributed by atoms with Crippen LogP contribution in [0.1, 0.15) is 11.4 Å². The Bertz CT molecular complexity index is 712. The number of aryl methyl sites for hydroxylation is 1. The first-order valence-electron chi connectivity index (χ1n) is 6.12. The van der Waals surface area contributed by atoms with E-state index in [1.165, 1.54) is 5.69 Å². The van der Waals surface area contributed by atoms with Gasteiger partial charge in [-0.1, -0.05) is 23.7 Å². The average molecular weight is 292 g/mol. The molecule has 0 bridgehead atoms. The summed E-state index contributed by atoms with van der Waals surface area (Å²) in [5.74, 6) is 0. The first-order valence-corrected chi connectivity index (χ1v) is 7.38. The Balaban J connectivity index is 2.14. The fourth-order valence-corrected chi connectivity index (χ4v) is 3.36. The predicted octanol–water partition coefficient (Wildman–Crippen LogP) is 3.53. The van der Waals surface area contributed by atoms with Crippen LogP contribution in [-0.2, 0) is 6.42 Å². The molecule has 19 heavy (non-hydrogen) atoms. The third-order valence-corrected chi connectivity index (χ3v) is 4.31. The van der Waals surface area contributed by atoms with Gasteiger partial charge in [0.05, 0.1) is 5.69 Å². The van der Waals surface area contributed by atoms with Gasteiger partial charge in [0.25, 0.3) is 0 Å². The summed E-state index contributed by atoms with van der Waals surface area (Å²) in [5.41, 5.74) is 10.1. The molecule has 0 aliphatic carbocycles. The van der Waals surface area contributed by atoms with E-state index in [0.29, 0.717) is 6.54 Å². The van der Waals surface area contributed by atoms with Crippen LogP contribution >= 0.6 is 22.9 Å². The van der Waals surface area contributed by atoms with Crippen LogP contribution in [0.3, 0.4) is 0 Å². The summed E-state index contributed by atoms with van der Waals surface area (Å²) in [6.45, 7) is 2.75. The monoisotopic (exact) mass is 291 g/mol. The molecule has 0 unspecified atom stereocenters. The van der Waals surface area contributed by atoms with E-state index in [9.17, 15) is 0 Å². The zero-order chi connectivity index (χ0) is 13.4. The van der Waals surface area contributed by atoms with Crippen molar-refractivity contribution in [3.63, 3.8) is 0 Å². The average Bonchev–Trinajstić information content (AvgIpc) is 2.93. The van der Waals surface area contributed by atoms with Crippen molar-refractivity contribution in [2.24, 2.45) is 5.73 Å². The number of hydrogen-bond donors (Lipinski definition) is 1. The SMILES string of the molecule is Cc1c(-c2ccc(Cl)cc2)nc2scc(CCN)n12. The normalized spacial score (nSPS) is 11.3. The molecular formula is C14H14ClN3S. The number of benzene rings is 1. The molecule has 2 aromatic heterocycles. The van der Waals surface area contributed by atoms with Gasteiger partial charge in [0.2, 0.25) is 0 Å². The van der Waals surface area contributed by atoms with E-state index in [0.717, 1.165) is 33.4 Å². The Kier molecular flexibility index (Phi) is 3.31. The molecule has 0 fully saturated rings. The first-order chi connectivity index (χ1) is 9.20. The zero-order valence-electron chi connectivity index (χ0n) is 10.6. The van der Waals surface area contributed by atoms with E-state index in [4.69, 9.17) is 22.3 Å². The number of imidazole rings is 1. The van der Waals surface area contributed by atoms with Crippen molar-refractivity contribution in [2.45, 2.75) is 13.3 Å². The van der Waals surface area contributed by atoms with Gasteiger partial charge < -0.3 is 5.73 Å². The summed E-state index contributed by atoms with van der Waals surface area (Å²) in [5, 5.41) is 2.87. The molecule has 2 N–H and O–H groups in total. The number of nitrogens with zero attached hydrogens (tertiary/aromatic N) is 2. The zero-order valence-corrected chi connectivity index (χ0v) is 12.1. The van der Waals surface area contributed by atoms with Crippen LogP contribution in [0.15, 0.2) is 29.6 Å². The van der Waals surface area contributed by atoms with Crippen LogP contribution in [0.4, 0.5) is 0 Å². The van der Waals surface area contributed by atoms with E-state index in [-0.39, 0.29) is 0 Å². The fourth-order valence-electron chi connectivity index (χ4n) is 2.27. The van der Waals surface area contributed by atoms with Gasteiger partial charge in [-0.2, -0.15) is 0 Å². The Labute approximate surface area is 120 Å². The molecular weight excluding hydrogens is 278 g/mol. The van der Waals surface area contributed by atoms with E-state index in [1.807, 2.05) is 24.3 Å². The van der Waals surface area contributed by atoms with Gasteiger partial charge in [-0.05, 0) is 25.6 Å². The van der Waals surface area contributed by atoms with Gasteiger partial charge in [0.15, 0.2) is 4.96 Å². The van der Waals surface area contributed by atoms with Crippen LogP contribution < -0.4 is 5.73 Å². The molecule has 0 aliphatic rings. The lowest BCUT2D eigenvalue weighted by molar-refractivity contribution is 0.896. The lowest BCUT2D eigenvalue weighted by Gasteiger charge is -2.02. The second kappa shape index (κ2) is 4.96. The molecule has 3 rings (SSSR count). The molecule has 5 heteroatoms. The third kappa shape index (κ3) is 2.16. The molecule has 0 amide bonds. The highest BCUT2D eigenvalue weighted by Crippen LogP contribution is 2.28. The number of hydrogen-bond acceptors (Lipinski definition) is 3. The highest BCUT2D eigenvalue weighted by atomic mass is 35.5. The molecule has 0 spiro atoms. The molecule has 3 aromatic rings. The van der Waals surface area contributed by atoms with Gasteiger partial charge in [0.1, 0.15) is 0 Å². The second-order valence-corrected chi connectivity index (χ2v) is 5.71. The summed E-state index contributed by atoms with van der Waals surface area (Å²) in [6.07, 6.45) is 0.872. The largest absolute Gasteiger partial charge is 0.330 e. The van der Waals surface area contributed by atoms with Crippen LogP contribution in [0.2, 0.25) is 5.02 Å². The number of nitrogens with two attached hydrogens (primary N) is 1. The van der Waals surface area contributed by atoms with Gasteiger partial charge in [-0.25, -0.2) is 4.98 Å². The van der Waals surface area contributed by atoms with E-state index in [1.54, 1.807) is 11.3 Å². The van der Waals surface area contributed by atoms with E-state index < -0.39 is 0 Å². The van der Waals surface area contributed by atoms with Crippen molar-refractivity contribution in [3.8, 4) is 11.3 Å². The standard InChI is InChI=1S/C14H14ClN3S/c1-9-13(10-2-4-11(15)5-3-10)17-14-18(9)12(6-7-16)8-19-14/h2-5,8H,6-7,16H2,1H3. The van der Waals surface area contributed by atoms with Gasteiger partial charge >= 0.3 is 0 Å². The summed E-state index contributed by atoms with van der Waals surface area (Å²) < 4.78 is 2.20. The maximum absolute atomic E-state index is 5.93. The van der Waals surface area contributed by atoms with Crippen molar-refractivity contribution in [1.82, 2.24) is 9.38 Å². The van der Waals surface area contributed by atoms with Crippen molar-refractivity contribution < 1.29 is 0 Å². The predicted molar refractivity (Wildman–Crippen MR) is 81.0 cm³/mol. The molecule has 2 heterocycles. The molecule has 0 radical (unpaired) electrons. The van der Waals surface area contributed by atoms with Crippen molar-refractivity contribution in [1.29, 1.82) is 0 Å². The number of fused-ring (bicyclic) bond motifs is 1. The lowest BCUT2D eigenvalue weighted by atomic mass is 10.1. The maximum Gasteiger partial charge on any atom is 0.194 e. The molecule has 0 atom stereocenters. The molecule has 1 aromatic carbocycles. The highest BCUT2D eigenvalue weighted by Gasteiger charge is 2.14. The van der Waals surface area contributed by atoms with Crippen molar-refractivity contribution in [2.75, 3.05) is 6.54 Å². The first kappa shape index (κ1) is 12.7. The van der Waals surface area contributed by atoms with Crippen LogP contribution in [0.25, 0.3) is 16.2 Å². The number of rotatable bonds is 3. The number of aromatic nitrogens is 2. The Morgan fingerprint density at radius 1 is 1.32 bits per heavy atom. The molecule has 3 nitrogen and oxygen atoms in total. The summed E-state index contributed by atoms with van der Waals surface area (Å²) in [6, 6.07) is 7.80. The lowest BCUT2D eigenvalue weighted by Crippen LogP contribution is -2.05. The Hall–Kier alpha value is -1.36. The van der Waals surface area contributed by atoms with E-state index >= 15 is 0 Å². The van der Waals surface area contributed by atoms with Gasteiger partial charge in [0, 0.05) is 33.8 Å². The maximum atomic E-state index is 5.93. The minimum absolute atomic E-state index is 0.653. The van der Waals surface area contributed by atoms with Crippen LogP contribution in [-0.4, -0.2) is 15.9 Å². The summed E-state index contributed by atoms with van der Waals surface area (Å²) >= 11 is 7.58. The van der Waals surface area contributed by atoms with Crippen LogP contribution in [0, 0.1) is 6.92 Å². The summed E-state index contributed by atoms with van der Waals surface area (Å²) in [7, 11) is 0. The Morgan fingerprint density at radius 3 is 2.74 bits per heavy atom. The molecule has 0 saturated carbocycles. The summed E-state index contributed by atoms with van der Waals surface area (Å²) in [4.78, 5) is 5.73. The smallest absolute Gasteiger partial charge is 0.194 e. The van der Waals surface area contributed by atoms with Gasteiger partial charge in [-0.15, -0.1) is 11.3 Å². The van der Waals surface area contributed by atoms with E-state index in [2.05, 4.69) is 16.7 Å². The highest BCUT2D eigenvalue weighted by molar-refractivity contribution is 7.15. The van der Waals surface area contributed by atoms with Gasteiger partial charge in [-0.3, -0.25) is 4.40 Å². The molecule has 0 aliphatic heterocycles. The second-order valence-electron chi connectivity index (χ2n) is 4.44. The topological polar surface area (TPSA) is 43.3 Å². The van der Waals surface area contributed by atoms with Crippen LogP contribution in [0.5, 0.6) is 0 Å². The van der Waals surface area contributed by atoms with Crippen molar-refractivity contribution >= 4 is 27.9 Å². The Morgan fingerprint density at radius 2 is 2.05 bits per heavy atom. The van der Waals surface area contributed by atoms with Crippen molar-refractivity contribution in [3.05, 3.63) is 46.1 Å². The quantitative estimate of drug-likeness (QED) is 0.802. The minimum Gasteiger partial charge on any atom is -0.330 e. The number of halogens is 1. The minimum atomic E-state index is 0.653. The third-order valence-electron chi connectivity index (χ3n) is 3.18.